The molecule has 8 nitrogen and oxygen atoms in total. The summed E-state index contributed by atoms with van der Waals surface area (Å²) in [4.78, 5) is 34.0. The molecule has 0 N–H and O–H groups in total. The minimum Gasteiger partial charge on any atom is -0.454 e. The van der Waals surface area contributed by atoms with Gasteiger partial charge in [-0.2, -0.15) is 0 Å². The van der Waals surface area contributed by atoms with Gasteiger partial charge in [-0.15, -0.1) is 0 Å². The summed E-state index contributed by atoms with van der Waals surface area (Å²) in [6.45, 7) is 4.25. The number of hydrogen-bond donors (Lipinski definition) is 0. The van der Waals surface area contributed by atoms with Crippen LogP contribution in [0.3, 0.4) is 0 Å². The third kappa shape index (κ3) is 3.45. The summed E-state index contributed by atoms with van der Waals surface area (Å²) in [5, 5.41) is 0. The monoisotopic (exact) mass is 314 g/mol. The molecule has 2 aliphatic rings. The number of carbonyl (C=O) groups excluding carboxylic acids is 3. The van der Waals surface area contributed by atoms with Crippen LogP contribution in [0.25, 0.3) is 0 Å². The van der Waals surface area contributed by atoms with E-state index in [0.717, 1.165) is 0 Å². The van der Waals surface area contributed by atoms with Gasteiger partial charge in [0.1, 0.15) is 0 Å². The SMILES string of the molecule is CC(=O)O[C@@H]1[C@@H](OC(C)=O)C=CC2(OCCO2)[C@@H]1OC(C)=O. The molecule has 1 heterocycles. The van der Waals surface area contributed by atoms with Gasteiger partial charge in [-0.3, -0.25) is 14.4 Å². The van der Waals surface area contributed by atoms with Crippen LogP contribution in [-0.4, -0.2) is 55.2 Å². The fraction of sp³-hybridized carbons (Fsp3) is 0.643. The second-order valence-electron chi connectivity index (χ2n) is 4.96. The summed E-state index contributed by atoms with van der Waals surface area (Å²) in [5.74, 6) is -3.11. The maximum Gasteiger partial charge on any atom is 0.303 e. The van der Waals surface area contributed by atoms with Gasteiger partial charge in [-0.1, -0.05) is 0 Å². The van der Waals surface area contributed by atoms with Crippen LogP contribution in [0.15, 0.2) is 12.2 Å². The first-order valence-corrected chi connectivity index (χ1v) is 6.83. The molecule has 22 heavy (non-hydrogen) atoms. The molecule has 3 atom stereocenters. The quantitative estimate of drug-likeness (QED) is 0.411. The summed E-state index contributed by atoms with van der Waals surface area (Å²) < 4.78 is 26.6. The van der Waals surface area contributed by atoms with Crippen molar-refractivity contribution in [3.05, 3.63) is 12.2 Å². The molecule has 2 rings (SSSR count). The van der Waals surface area contributed by atoms with Gasteiger partial charge < -0.3 is 23.7 Å². The van der Waals surface area contributed by atoms with Crippen molar-refractivity contribution in [2.75, 3.05) is 13.2 Å². The van der Waals surface area contributed by atoms with Gasteiger partial charge in [0, 0.05) is 20.8 Å². The molecular weight excluding hydrogens is 296 g/mol. The van der Waals surface area contributed by atoms with Crippen LogP contribution in [0.2, 0.25) is 0 Å². The minimum atomic E-state index is -1.34. The van der Waals surface area contributed by atoms with Crippen molar-refractivity contribution < 1.29 is 38.1 Å². The van der Waals surface area contributed by atoms with Crippen molar-refractivity contribution in [1.29, 1.82) is 0 Å². The Morgan fingerprint density at radius 1 is 0.955 bits per heavy atom. The molecule has 0 aromatic heterocycles. The van der Waals surface area contributed by atoms with Crippen molar-refractivity contribution in [2.45, 2.75) is 44.9 Å². The van der Waals surface area contributed by atoms with E-state index in [1.165, 1.54) is 32.9 Å². The van der Waals surface area contributed by atoms with E-state index < -0.39 is 42.0 Å². The van der Waals surface area contributed by atoms with Gasteiger partial charge in [0.2, 0.25) is 5.79 Å². The van der Waals surface area contributed by atoms with Gasteiger partial charge in [-0.05, 0) is 12.2 Å². The second-order valence-corrected chi connectivity index (χ2v) is 4.96. The average molecular weight is 314 g/mol. The van der Waals surface area contributed by atoms with E-state index in [0.29, 0.717) is 13.2 Å². The van der Waals surface area contributed by atoms with Crippen LogP contribution in [0.1, 0.15) is 20.8 Å². The van der Waals surface area contributed by atoms with E-state index in [4.69, 9.17) is 23.7 Å². The van der Waals surface area contributed by atoms with Crippen LogP contribution in [0, 0.1) is 0 Å². The van der Waals surface area contributed by atoms with E-state index in [-0.39, 0.29) is 0 Å². The highest BCUT2D eigenvalue weighted by Gasteiger charge is 2.55. The Hall–Kier alpha value is -1.93. The number of rotatable bonds is 3. The van der Waals surface area contributed by atoms with E-state index in [9.17, 15) is 14.4 Å². The average Bonchev–Trinajstić information content (AvgIpc) is 2.86. The zero-order valence-corrected chi connectivity index (χ0v) is 12.6. The molecule has 1 spiro atoms. The Morgan fingerprint density at radius 3 is 2.00 bits per heavy atom. The number of esters is 3. The van der Waals surface area contributed by atoms with Crippen LogP contribution in [0.4, 0.5) is 0 Å². The fourth-order valence-electron chi connectivity index (χ4n) is 2.49. The molecule has 1 fully saturated rings. The largest absolute Gasteiger partial charge is 0.454 e. The lowest BCUT2D eigenvalue weighted by atomic mass is 9.92. The number of carbonyl (C=O) groups is 3. The highest BCUT2D eigenvalue weighted by atomic mass is 16.8. The third-order valence-electron chi connectivity index (χ3n) is 3.17. The molecule has 0 radical (unpaired) electrons. The van der Waals surface area contributed by atoms with Gasteiger partial charge in [0.15, 0.2) is 18.3 Å². The Balaban J connectivity index is 2.36. The predicted octanol–water partition coefficient (Wildman–Crippen LogP) is 0.0944. The molecule has 0 amide bonds. The van der Waals surface area contributed by atoms with Gasteiger partial charge in [-0.25, -0.2) is 0 Å². The summed E-state index contributed by atoms with van der Waals surface area (Å²) in [5.41, 5.74) is 0. The highest BCUT2D eigenvalue weighted by Crippen LogP contribution is 2.36. The topological polar surface area (TPSA) is 97.4 Å². The summed E-state index contributed by atoms with van der Waals surface area (Å²) in [7, 11) is 0. The third-order valence-corrected chi connectivity index (χ3v) is 3.17. The first-order chi connectivity index (χ1) is 10.3. The molecule has 0 aromatic rings. The van der Waals surface area contributed by atoms with E-state index >= 15 is 0 Å². The standard InChI is InChI=1S/C14H18O8/c1-8(15)20-11-4-5-14(18-6-7-19-14)13(22-10(3)17)12(11)21-9(2)16/h4-5,11-13H,6-7H2,1-3H3/t11-,12+,13+/m0/s1. The number of ether oxygens (including phenoxy) is 5. The Bertz CT molecular complexity index is 491. The Labute approximate surface area is 127 Å². The molecule has 1 aliphatic carbocycles. The Morgan fingerprint density at radius 2 is 1.50 bits per heavy atom. The lowest BCUT2D eigenvalue weighted by Crippen LogP contribution is -2.59. The zero-order chi connectivity index (χ0) is 16.3. The smallest absolute Gasteiger partial charge is 0.303 e. The van der Waals surface area contributed by atoms with E-state index in [1.54, 1.807) is 0 Å². The van der Waals surface area contributed by atoms with Gasteiger partial charge >= 0.3 is 17.9 Å². The summed E-state index contributed by atoms with van der Waals surface area (Å²) in [6, 6.07) is 0. The highest BCUT2D eigenvalue weighted by molar-refractivity contribution is 5.68. The first-order valence-electron chi connectivity index (χ1n) is 6.83. The lowest BCUT2D eigenvalue weighted by molar-refractivity contribution is -0.246. The second kappa shape index (κ2) is 6.45. The maximum absolute atomic E-state index is 11.4. The van der Waals surface area contributed by atoms with Crippen molar-refractivity contribution in [3.63, 3.8) is 0 Å². The molecule has 122 valence electrons. The normalized spacial score (nSPS) is 29.1. The van der Waals surface area contributed by atoms with Crippen molar-refractivity contribution in [1.82, 2.24) is 0 Å². The van der Waals surface area contributed by atoms with Crippen molar-refractivity contribution in [3.8, 4) is 0 Å². The minimum absolute atomic E-state index is 0.299. The van der Waals surface area contributed by atoms with Crippen molar-refractivity contribution >= 4 is 17.9 Å². The predicted molar refractivity (Wildman–Crippen MR) is 70.4 cm³/mol. The van der Waals surface area contributed by atoms with Crippen molar-refractivity contribution in [2.24, 2.45) is 0 Å². The van der Waals surface area contributed by atoms with Gasteiger partial charge in [0.25, 0.3) is 0 Å². The zero-order valence-electron chi connectivity index (χ0n) is 12.6. The molecule has 1 aliphatic heterocycles. The van der Waals surface area contributed by atoms with Crippen LogP contribution in [0.5, 0.6) is 0 Å². The lowest BCUT2D eigenvalue weighted by Gasteiger charge is -2.41. The van der Waals surface area contributed by atoms with Crippen LogP contribution < -0.4 is 0 Å². The van der Waals surface area contributed by atoms with Gasteiger partial charge in [0.05, 0.1) is 13.2 Å². The molecule has 0 bridgehead atoms. The molecule has 8 heteroatoms. The molecule has 1 saturated heterocycles. The summed E-state index contributed by atoms with van der Waals surface area (Å²) in [6.07, 6.45) is -0.0232. The Kier molecular flexibility index (Phi) is 4.82. The first kappa shape index (κ1) is 16.4. The van der Waals surface area contributed by atoms with E-state index in [2.05, 4.69) is 0 Å². The number of hydrogen-bond acceptors (Lipinski definition) is 8. The van der Waals surface area contributed by atoms with Crippen LogP contribution in [-0.2, 0) is 38.1 Å². The fourth-order valence-corrected chi connectivity index (χ4v) is 2.49. The molecule has 0 saturated carbocycles. The van der Waals surface area contributed by atoms with Crippen LogP contribution >= 0.6 is 0 Å². The maximum atomic E-state index is 11.4. The van der Waals surface area contributed by atoms with E-state index in [1.807, 2.05) is 0 Å². The molecule has 0 aromatic carbocycles. The molecule has 0 unspecified atom stereocenters. The molecular formula is C14H18O8. The summed E-state index contributed by atoms with van der Waals surface area (Å²) >= 11 is 0.